The minimum absolute atomic E-state index is 0.00539. The van der Waals surface area contributed by atoms with Gasteiger partial charge < -0.3 is 14.7 Å². The number of benzene rings is 2. The van der Waals surface area contributed by atoms with Gasteiger partial charge in [-0.25, -0.2) is 0 Å². The van der Waals surface area contributed by atoms with Crippen LogP contribution in [0.15, 0.2) is 70.3 Å². The number of hydrogen-bond acceptors (Lipinski definition) is 5. The predicted molar refractivity (Wildman–Crippen MR) is 164 cm³/mol. The number of carboxylic acid groups (broad SMARTS) is 1. The molecule has 226 valence electrons. The number of rotatable bonds is 7. The van der Waals surface area contributed by atoms with Crippen LogP contribution in [-0.4, -0.2) is 59.6 Å². The summed E-state index contributed by atoms with van der Waals surface area (Å²) in [5.41, 5.74) is 8.56. The van der Waals surface area contributed by atoms with E-state index in [4.69, 9.17) is 9.84 Å². The Labute approximate surface area is 253 Å². The van der Waals surface area contributed by atoms with E-state index in [1.807, 2.05) is 6.07 Å². The number of aliphatic carboxylic acids is 1. The van der Waals surface area contributed by atoms with Gasteiger partial charge in [0.15, 0.2) is 12.3 Å². The quantitative estimate of drug-likeness (QED) is 0.231. The first-order valence-corrected chi connectivity index (χ1v) is 16.8. The molecule has 8 nitrogen and oxygen atoms in total. The van der Waals surface area contributed by atoms with Gasteiger partial charge in [-0.2, -0.15) is 13.0 Å². The molecule has 2 N–H and O–H groups in total. The van der Waals surface area contributed by atoms with E-state index in [0.29, 0.717) is 6.42 Å². The lowest BCUT2D eigenvalue weighted by molar-refractivity contribution is -0.445. The normalized spacial score (nSPS) is 26.7. The van der Waals surface area contributed by atoms with Crippen LogP contribution >= 0.6 is 0 Å². The van der Waals surface area contributed by atoms with Gasteiger partial charge in [0.05, 0.1) is 22.5 Å². The maximum Gasteiger partial charge on any atom is 0.303 e. The molecule has 5 aliphatic heterocycles. The van der Waals surface area contributed by atoms with Crippen molar-refractivity contribution in [3.05, 3.63) is 76.5 Å². The first-order valence-electron chi connectivity index (χ1n) is 15.4. The Hall–Kier alpha value is -3.27. The minimum Gasteiger partial charge on any atom is -0.481 e. The zero-order chi connectivity index (χ0) is 30.3. The van der Waals surface area contributed by atoms with Crippen molar-refractivity contribution >= 4 is 33.2 Å². The molecular weight excluding hydrogens is 564 g/mol. The fourth-order valence-corrected chi connectivity index (χ4v) is 8.95. The number of allylic oxidation sites excluding steroid dienone is 1. The van der Waals surface area contributed by atoms with Crippen molar-refractivity contribution in [2.75, 3.05) is 18.0 Å². The molecule has 3 unspecified atom stereocenters. The van der Waals surface area contributed by atoms with Crippen molar-refractivity contribution < 1.29 is 32.2 Å². The number of fused-ring (bicyclic) bond motifs is 8. The summed E-state index contributed by atoms with van der Waals surface area (Å²) >= 11 is 0. The second-order valence-electron chi connectivity index (χ2n) is 13.3. The van der Waals surface area contributed by atoms with E-state index in [2.05, 4.69) is 60.6 Å². The first kappa shape index (κ1) is 28.5. The number of ether oxygens (including phenoxy) is 1. The summed E-state index contributed by atoms with van der Waals surface area (Å²) in [5, 5.41) is 9.11. The van der Waals surface area contributed by atoms with Crippen LogP contribution in [0, 0.1) is 0 Å². The van der Waals surface area contributed by atoms with Crippen LogP contribution in [0.3, 0.4) is 0 Å². The maximum atomic E-state index is 12.0. The number of anilines is 1. The van der Waals surface area contributed by atoms with Gasteiger partial charge in [-0.05, 0) is 69.9 Å². The molecule has 43 heavy (non-hydrogen) atoms. The molecule has 0 fully saturated rings. The van der Waals surface area contributed by atoms with E-state index in [-0.39, 0.29) is 28.9 Å². The summed E-state index contributed by atoms with van der Waals surface area (Å²) in [4.78, 5) is 13.5. The van der Waals surface area contributed by atoms with E-state index >= 15 is 0 Å². The standard InChI is InChI=1S/C34H38N2O6S/c1-33(2)25-19-21(43(39,40)41)12-13-27(25)35-17-14-28-22(31(33)35)20-23-29(42-28)15-18-36-26-10-7-6-9-24(26)34(3,32(23)36)16-8-4-5-11-30(37)38/h6-7,9-10,12-13,19-20,28-29H,4-5,8,11,14-18H2,1-3H3,(H-,37,38,39,40,41)/p+1. The van der Waals surface area contributed by atoms with Crippen LogP contribution in [-0.2, 0) is 30.5 Å². The fourth-order valence-electron chi connectivity index (χ4n) is 8.44. The van der Waals surface area contributed by atoms with Crippen molar-refractivity contribution in [3.63, 3.8) is 0 Å². The molecule has 0 aromatic heterocycles. The van der Waals surface area contributed by atoms with E-state index in [9.17, 15) is 17.8 Å². The summed E-state index contributed by atoms with van der Waals surface area (Å²) in [5.74, 6) is -0.741. The summed E-state index contributed by atoms with van der Waals surface area (Å²) in [6.07, 6.45) is 7.73. The minimum atomic E-state index is -4.32. The van der Waals surface area contributed by atoms with Crippen LogP contribution in [0.5, 0.6) is 0 Å². The second kappa shape index (κ2) is 9.87. The number of carbonyl (C=O) groups is 1. The van der Waals surface area contributed by atoms with Gasteiger partial charge in [-0.15, -0.1) is 0 Å². The van der Waals surface area contributed by atoms with Gasteiger partial charge in [0.2, 0.25) is 5.69 Å². The van der Waals surface area contributed by atoms with E-state index < -0.39 is 21.5 Å². The molecule has 5 heterocycles. The Balaban J connectivity index is 1.34. The van der Waals surface area contributed by atoms with E-state index in [1.54, 1.807) is 6.07 Å². The van der Waals surface area contributed by atoms with Gasteiger partial charge in [0.1, 0.15) is 0 Å². The van der Waals surface area contributed by atoms with Gasteiger partial charge in [0.25, 0.3) is 10.1 Å². The highest BCUT2D eigenvalue weighted by atomic mass is 32.2. The van der Waals surface area contributed by atoms with Crippen LogP contribution < -0.4 is 4.90 Å². The summed E-state index contributed by atoms with van der Waals surface area (Å²) in [7, 11) is -4.32. The van der Waals surface area contributed by atoms with Crippen LogP contribution in [0.4, 0.5) is 11.4 Å². The molecule has 0 saturated carbocycles. The fraction of sp³-hybridized carbons (Fsp3) is 0.471. The number of carboxylic acids is 1. The highest BCUT2D eigenvalue weighted by Crippen LogP contribution is 2.56. The Kier molecular flexibility index (Phi) is 6.54. The molecule has 5 aliphatic rings. The Morgan fingerprint density at radius 1 is 1.05 bits per heavy atom. The molecule has 0 aliphatic carbocycles. The molecule has 0 saturated heterocycles. The largest absolute Gasteiger partial charge is 0.481 e. The molecule has 2 aromatic rings. The highest BCUT2D eigenvalue weighted by Gasteiger charge is 2.55. The highest BCUT2D eigenvalue weighted by molar-refractivity contribution is 7.85. The maximum absolute atomic E-state index is 12.0. The van der Waals surface area contributed by atoms with E-state index in [1.165, 1.54) is 28.6 Å². The lowest BCUT2D eigenvalue weighted by Gasteiger charge is -2.43. The zero-order valence-corrected chi connectivity index (χ0v) is 25.8. The van der Waals surface area contributed by atoms with Crippen molar-refractivity contribution in [1.29, 1.82) is 0 Å². The third kappa shape index (κ3) is 4.34. The Bertz CT molecular complexity index is 1750. The number of para-hydroxylation sites is 1. The predicted octanol–water partition coefficient (Wildman–Crippen LogP) is 5.88. The molecule has 0 bridgehead atoms. The lowest BCUT2D eigenvalue weighted by Crippen LogP contribution is -2.47. The topological polar surface area (TPSA) is 107 Å². The molecular formula is C34H39N2O6S+. The monoisotopic (exact) mass is 603 g/mol. The Morgan fingerprint density at radius 2 is 1.84 bits per heavy atom. The second-order valence-corrected chi connectivity index (χ2v) is 14.8. The Morgan fingerprint density at radius 3 is 2.60 bits per heavy atom. The number of unbranched alkanes of at least 4 members (excludes halogenated alkanes) is 2. The molecule has 7 rings (SSSR count). The molecule has 0 radical (unpaired) electrons. The van der Waals surface area contributed by atoms with Crippen LogP contribution in [0.25, 0.3) is 0 Å². The average Bonchev–Trinajstić information content (AvgIpc) is 3.36. The molecule has 3 atom stereocenters. The molecule has 9 heteroatoms. The van der Waals surface area contributed by atoms with Gasteiger partial charge in [-0.3, -0.25) is 9.35 Å². The smallest absolute Gasteiger partial charge is 0.303 e. The molecule has 0 amide bonds. The van der Waals surface area contributed by atoms with Crippen molar-refractivity contribution in [1.82, 2.24) is 0 Å². The van der Waals surface area contributed by atoms with E-state index in [0.717, 1.165) is 67.7 Å². The summed E-state index contributed by atoms with van der Waals surface area (Å²) in [6.45, 7) is 8.26. The van der Waals surface area contributed by atoms with Crippen molar-refractivity contribution in [2.24, 2.45) is 0 Å². The third-order valence-electron chi connectivity index (χ3n) is 10.4. The summed E-state index contributed by atoms with van der Waals surface area (Å²) in [6, 6.07) is 13.6. The SMILES string of the molecule is CC1(C)C2=[N+](CCC3OC4CCN5C(=C4C=C23)C(C)(CCCCCC(=O)O)c2ccccc25)c2ccc(S(=O)(=O)O)cc21. The lowest BCUT2D eigenvalue weighted by atomic mass is 9.72. The van der Waals surface area contributed by atoms with Gasteiger partial charge in [-0.1, -0.05) is 31.0 Å². The van der Waals surface area contributed by atoms with Gasteiger partial charge >= 0.3 is 5.97 Å². The molecule has 2 aromatic carbocycles. The average molecular weight is 604 g/mol. The zero-order valence-electron chi connectivity index (χ0n) is 25.0. The van der Waals surface area contributed by atoms with Crippen molar-refractivity contribution in [2.45, 2.75) is 93.7 Å². The summed E-state index contributed by atoms with van der Waals surface area (Å²) < 4.78 is 43.1. The molecule has 0 spiro atoms. The van der Waals surface area contributed by atoms with Crippen LogP contribution in [0.1, 0.15) is 76.8 Å². The van der Waals surface area contributed by atoms with Crippen molar-refractivity contribution in [3.8, 4) is 0 Å². The number of hydrogen-bond donors (Lipinski definition) is 2. The number of nitrogens with zero attached hydrogens (tertiary/aromatic N) is 2. The first-order chi connectivity index (χ1) is 20.4. The van der Waals surface area contributed by atoms with Gasteiger partial charge in [0, 0.05) is 59.0 Å². The van der Waals surface area contributed by atoms with Crippen LogP contribution in [0.2, 0.25) is 0 Å². The third-order valence-corrected chi connectivity index (χ3v) is 11.2.